The summed E-state index contributed by atoms with van der Waals surface area (Å²) in [4.78, 5) is 21.7. The number of hydrazone groups is 1. The number of amides is 2. The number of hydrogen-bond acceptors (Lipinski definition) is 3. The molecule has 5 nitrogen and oxygen atoms in total. The van der Waals surface area contributed by atoms with Gasteiger partial charge in [-0.15, -0.1) is 0 Å². The molecule has 2 aromatic rings. The summed E-state index contributed by atoms with van der Waals surface area (Å²) in [6.45, 7) is 0. The molecule has 2 amide bonds. The molecular weight excluding hydrogens is 266 g/mol. The highest BCUT2D eigenvalue weighted by Gasteiger charge is 2.12. The largest absolute Gasteiger partial charge is 0.361 e. The Balaban J connectivity index is 2.23. The van der Waals surface area contributed by atoms with Crippen molar-refractivity contribution in [2.75, 3.05) is 0 Å². The fourth-order valence-corrected chi connectivity index (χ4v) is 1.91. The van der Waals surface area contributed by atoms with Crippen LogP contribution in [0.5, 0.6) is 0 Å². The van der Waals surface area contributed by atoms with Crippen molar-refractivity contribution in [2.45, 2.75) is 5.92 Å². The zero-order chi connectivity index (χ0) is 15.1. The number of carbonyl (C=O) groups excluding carboxylic acids is 2. The van der Waals surface area contributed by atoms with Gasteiger partial charge in [-0.2, -0.15) is 5.10 Å². The van der Waals surface area contributed by atoms with Crippen LogP contribution in [0.4, 0.5) is 0 Å². The molecule has 3 N–H and O–H groups in total. The van der Waals surface area contributed by atoms with Gasteiger partial charge in [0.15, 0.2) is 0 Å². The molecule has 5 heteroatoms. The zero-order valence-corrected chi connectivity index (χ0v) is 11.3. The maximum atomic E-state index is 11.1. The van der Waals surface area contributed by atoms with E-state index in [1.165, 1.54) is 0 Å². The van der Waals surface area contributed by atoms with E-state index >= 15 is 0 Å². The van der Waals surface area contributed by atoms with E-state index in [4.69, 9.17) is 5.73 Å². The first-order valence-electron chi connectivity index (χ1n) is 6.41. The third-order valence-corrected chi connectivity index (χ3v) is 2.93. The second-order valence-electron chi connectivity index (χ2n) is 4.38. The molecule has 0 aliphatic heterocycles. The number of benzene rings is 2. The summed E-state index contributed by atoms with van der Waals surface area (Å²) in [5, 5.41) is 3.82. The predicted octanol–water partition coefficient (Wildman–Crippen LogP) is 1.41. The molecule has 0 aromatic heterocycles. The lowest BCUT2D eigenvalue weighted by Gasteiger charge is -2.12. The van der Waals surface area contributed by atoms with E-state index in [-0.39, 0.29) is 5.92 Å². The lowest BCUT2D eigenvalue weighted by Crippen LogP contribution is -2.33. The quantitative estimate of drug-likeness (QED) is 0.504. The van der Waals surface area contributed by atoms with Gasteiger partial charge >= 0.3 is 11.8 Å². The highest BCUT2D eigenvalue weighted by Crippen LogP contribution is 2.22. The van der Waals surface area contributed by atoms with E-state index in [0.717, 1.165) is 11.1 Å². The van der Waals surface area contributed by atoms with Gasteiger partial charge in [0, 0.05) is 12.1 Å². The molecule has 0 saturated carbocycles. The van der Waals surface area contributed by atoms with Crippen molar-refractivity contribution in [1.82, 2.24) is 5.43 Å². The topological polar surface area (TPSA) is 84.5 Å². The molecule has 0 aliphatic rings. The van der Waals surface area contributed by atoms with E-state index in [2.05, 4.69) is 10.5 Å². The summed E-state index contributed by atoms with van der Waals surface area (Å²) in [5.74, 6) is -2.13. The van der Waals surface area contributed by atoms with Crippen LogP contribution in [-0.4, -0.2) is 18.0 Å². The summed E-state index contributed by atoms with van der Waals surface area (Å²) >= 11 is 0. The molecule has 0 bridgehead atoms. The Kier molecular flexibility index (Phi) is 4.82. The maximum Gasteiger partial charge on any atom is 0.329 e. The van der Waals surface area contributed by atoms with Gasteiger partial charge in [-0.25, -0.2) is 5.43 Å². The van der Waals surface area contributed by atoms with Gasteiger partial charge in [0.1, 0.15) is 0 Å². The molecule has 2 rings (SSSR count). The third kappa shape index (κ3) is 4.01. The number of nitrogens with one attached hydrogen (secondary N) is 1. The summed E-state index contributed by atoms with van der Waals surface area (Å²) in [6.07, 6.45) is 1.57. The smallest absolute Gasteiger partial charge is 0.329 e. The number of nitrogens with zero attached hydrogens (tertiary/aromatic N) is 1. The van der Waals surface area contributed by atoms with Crippen molar-refractivity contribution < 1.29 is 9.59 Å². The average Bonchev–Trinajstić information content (AvgIpc) is 2.53. The second-order valence-corrected chi connectivity index (χ2v) is 4.38. The van der Waals surface area contributed by atoms with E-state index in [0.29, 0.717) is 0 Å². The molecule has 2 aromatic carbocycles. The van der Waals surface area contributed by atoms with E-state index < -0.39 is 11.8 Å². The zero-order valence-electron chi connectivity index (χ0n) is 11.3. The van der Waals surface area contributed by atoms with Gasteiger partial charge in [-0.05, 0) is 11.1 Å². The Labute approximate surface area is 122 Å². The van der Waals surface area contributed by atoms with Gasteiger partial charge < -0.3 is 5.73 Å². The van der Waals surface area contributed by atoms with Gasteiger partial charge in [-0.3, -0.25) is 9.59 Å². The molecule has 0 spiro atoms. The van der Waals surface area contributed by atoms with Crippen molar-refractivity contribution in [3.8, 4) is 0 Å². The minimum Gasteiger partial charge on any atom is -0.361 e. The Morgan fingerprint density at radius 3 is 1.86 bits per heavy atom. The third-order valence-electron chi connectivity index (χ3n) is 2.93. The second kappa shape index (κ2) is 7.00. The minimum absolute atomic E-state index is 0.124. The van der Waals surface area contributed by atoms with Crippen LogP contribution in [-0.2, 0) is 9.59 Å². The highest BCUT2D eigenvalue weighted by atomic mass is 16.2. The lowest BCUT2D eigenvalue weighted by molar-refractivity contribution is -0.137. The Hall–Kier alpha value is -2.95. The number of primary amides is 1. The lowest BCUT2D eigenvalue weighted by atomic mass is 9.92. The normalized spacial score (nSPS) is 10.7. The summed E-state index contributed by atoms with van der Waals surface area (Å²) < 4.78 is 0. The average molecular weight is 281 g/mol. The summed E-state index contributed by atoms with van der Waals surface area (Å²) in [5.41, 5.74) is 9.02. The van der Waals surface area contributed by atoms with Crippen LogP contribution in [0.15, 0.2) is 65.8 Å². The van der Waals surface area contributed by atoms with Crippen molar-refractivity contribution in [3.05, 3.63) is 71.8 Å². The van der Waals surface area contributed by atoms with Gasteiger partial charge in [-0.1, -0.05) is 60.7 Å². The SMILES string of the molecule is NC(=O)C(=O)N/N=C\C(c1ccccc1)c1ccccc1. The van der Waals surface area contributed by atoms with Crippen LogP contribution in [0.2, 0.25) is 0 Å². The molecule has 0 unspecified atom stereocenters. The first kappa shape index (κ1) is 14.5. The monoisotopic (exact) mass is 281 g/mol. The molecule has 0 aliphatic carbocycles. The van der Waals surface area contributed by atoms with Crippen LogP contribution in [0.1, 0.15) is 17.0 Å². The highest BCUT2D eigenvalue weighted by molar-refractivity contribution is 6.34. The Morgan fingerprint density at radius 2 is 1.43 bits per heavy atom. The van der Waals surface area contributed by atoms with Crippen LogP contribution in [0.3, 0.4) is 0 Å². The predicted molar refractivity (Wildman–Crippen MR) is 80.6 cm³/mol. The number of hydrogen-bond donors (Lipinski definition) is 2. The summed E-state index contributed by atoms with van der Waals surface area (Å²) in [6, 6.07) is 19.5. The van der Waals surface area contributed by atoms with Crippen molar-refractivity contribution in [3.63, 3.8) is 0 Å². The van der Waals surface area contributed by atoms with Gasteiger partial charge in [0.05, 0.1) is 0 Å². The van der Waals surface area contributed by atoms with E-state index in [1.54, 1.807) is 6.21 Å². The molecule has 106 valence electrons. The fourth-order valence-electron chi connectivity index (χ4n) is 1.91. The first-order chi connectivity index (χ1) is 10.2. The maximum absolute atomic E-state index is 11.1. The standard InChI is InChI=1S/C16H15N3O2/c17-15(20)16(21)19-18-11-14(12-7-3-1-4-8-12)13-9-5-2-6-10-13/h1-11,14H,(H2,17,20)(H,19,21)/b18-11-. The van der Waals surface area contributed by atoms with Crippen molar-refractivity contribution in [1.29, 1.82) is 0 Å². The molecule has 0 fully saturated rings. The molecule has 21 heavy (non-hydrogen) atoms. The Morgan fingerprint density at radius 1 is 0.952 bits per heavy atom. The number of rotatable bonds is 4. The van der Waals surface area contributed by atoms with Crippen molar-refractivity contribution in [2.24, 2.45) is 10.8 Å². The van der Waals surface area contributed by atoms with Crippen LogP contribution >= 0.6 is 0 Å². The molecule has 0 atom stereocenters. The Bertz CT molecular complexity index is 600. The van der Waals surface area contributed by atoms with Gasteiger partial charge in [0.2, 0.25) is 0 Å². The fraction of sp³-hybridized carbons (Fsp3) is 0.0625. The molecule has 0 radical (unpaired) electrons. The molecule has 0 saturated heterocycles. The van der Waals surface area contributed by atoms with Crippen LogP contribution in [0, 0.1) is 0 Å². The summed E-state index contributed by atoms with van der Waals surface area (Å²) in [7, 11) is 0. The number of nitrogens with two attached hydrogens (primary N) is 1. The minimum atomic E-state index is -1.07. The molecule has 0 heterocycles. The van der Waals surface area contributed by atoms with Gasteiger partial charge in [0.25, 0.3) is 0 Å². The van der Waals surface area contributed by atoms with Crippen LogP contribution < -0.4 is 11.2 Å². The van der Waals surface area contributed by atoms with E-state index in [1.807, 2.05) is 60.7 Å². The van der Waals surface area contributed by atoms with Crippen molar-refractivity contribution >= 4 is 18.0 Å². The first-order valence-corrected chi connectivity index (χ1v) is 6.41. The molecular formula is C16H15N3O2. The number of carbonyl (C=O) groups is 2. The van der Waals surface area contributed by atoms with E-state index in [9.17, 15) is 9.59 Å². The van der Waals surface area contributed by atoms with Crippen LogP contribution in [0.25, 0.3) is 0 Å².